The van der Waals surface area contributed by atoms with Gasteiger partial charge in [0.1, 0.15) is 0 Å². The van der Waals surface area contributed by atoms with Crippen LogP contribution in [0.3, 0.4) is 0 Å². The van der Waals surface area contributed by atoms with Gasteiger partial charge in [0.25, 0.3) is 0 Å². The summed E-state index contributed by atoms with van der Waals surface area (Å²) in [6.45, 7) is 9.59. The second-order valence-electron chi connectivity index (χ2n) is 32.3. The third-order valence-electron chi connectivity index (χ3n) is 25.4. The molecule has 0 aliphatic heterocycles. The Kier molecular flexibility index (Phi) is 15.4. The largest absolute Gasteiger partial charge is 0.0622 e. The lowest BCUT2D eigenvalue weighted by Gasteiger charge is -2.24. The van der Waals surface area contributed by atoms with E-state index in [1.54, 1.807) is 0 Å². The van der Waals surface area contributed by atoms with Gasteiger partial charge in [0, 0.05) is 10.8 Å². The summed E-state index contributed by atoms with van der Waals surface area (Å²) in [5.41, 5.74) is 30.9. The number of fused-ring (bicyclic) bond motifs is 21. The van der Waals surface area contributed by atoms with Crippen molar-refractivity contribution in [1.82, 2.24) is 0 Å². The molecule has 21 aromatic carbocycles. The number of rotatable bonds is 8. The summed E-state index contributed by atoms with van der Waals surface area (Å²) in [6, 6.07) is 149. The monoisotopic (exact) mass is 1450 g/mol. The van der Waals surface area contributed by atoms with Crippen LogP contribution in [-0.2, 0) is 10.8 Å². The molecule has 0 N–H and O–H groups in total. The zero-order valence-electron chi connectivity index (χ0n) is 64.1. The molecule has 534 valence electrons. The van der Waals surface area contributed by atoms with Gasteiger partial charge in [-0.2, -0.15) is 0 Å². The second-order valence-corrected chi connectivity index (χ2v) is 32.3. The molecule has 0 bridgehead atoms. The first-order chi connectivity index (χ1) is 56.1. The summed E-state index contributed by atoms with van der Waals surface area (Å²) in [6.07, 6.45) is 0. The summed E-state index contributed by atoms with van der Waals surface area (Å²) < 4.78 is 0. The Bertz CT molecular complexity index is 7420. The molecular formula is C114H78. The molecule has 0 fully saturated rings. The van der Waals surface area contributed by atoms with Gasteiger partial charge in [-0.3, -0.25) is 0 Å². The summed E-state index contributed by atoms with van der Waals surface area (Å²) in [4.78, 5) is 0. The summed E-state index contributed by atoms with van der Waals surface area (Å²) >= 11 is 0. The van der Waals surface area contributed by atoms with Gasteiger partial charge >= 0.3 is 0 Å². The molecule has 0 radical (unpaired) electrons. The minimum Gasteiger partial charge on any atom is -0.0622 e. The van der Waals surface area contributed by atoms with Crippen molar-refractivity contribution in [2.75, 3.05) is 0 Å². The molecule has 0 spiro atoms. The Morgan fingerprint density at radius 1 is 0.140 bits per heavy atom. The van der Waals surface area contributed by atoms with Crippen LogP contribution in [0.1, 0.15) is 49.9 Å². The van der Waals surface area contributed by atoms with E-state index in [0.29, 0.717) is 0 Å². The van der Waals surface area contributed by atoms with Crippen molar-refractivity contribution in [3.05, 3.63) is 423 Å². The van der Waals surface area contributed by atoms with E-state index in [2.05, 4.69) is 428 Å². The summed E-state index contributed by atoms with van der Waals surface area (Å²) in [5.74, 6) is 0. The Labute approximate surface area is 664 Å². The minimum atomic E-state index is -0.109. The molecule has 0 unspecified atom stereocenters. The smallest absolute Gasteiger partial charge is 0.0165 e. The molecule has 0 saturated carbocycles. The molecule has 114 heavy (non-hydrogen) atoms. The molecule has 2 aliphatic rings. The standard InChI is InChI=1S/C59H40.C55H38/c1-59(2)54-34-33-40(36-53(54)57-47-22-7-5-20-45(47)46-21-6-12-27-52(46)58(57)59)37-29-31-39(32-30-37)55-48-23-8-10-25-50(48)56(51-26-11-9-24-49(51)55)42-18-13-17-41(35-42)44-28-14-16-38-15-3-4-19-43(38)44;1-55(2)50-33-32-40(34-49(50)53-43-18-8-6-16-41(43)42-17-7-13-23-48(42)54(53)55)37-26-30-39(31-27-37)52-46-21-11-9-19-44(46)51(45-20-10-12-22-47(45)52)38-28-24-36(25-29-38)35-14-4-3-5-15-35/h3-36H,1-2H3;3-34H,1-2H3. The van der Waals surface area contributed by atoms with Crippen LogP contribution in [-0.4, -0.2) is 0 Å². The highest BCUT2D eigenvalue weighted by molar-refractivity contribution is 6.25. The van der Waals surface area contributed by atoms with Crippen LogP contribution >= 0.6 is 0 Å². The molecule has 0 atom stereocenters. The fourth-order valence-electron chi connectivity index (χ4n) is 20.3. The lowest BCUT2D eigenvalue weighted by molar-refractivity contribution is 0.666. The van der Waals surface area contributed by atoms with E-state index < -0.39 is 0 Å². The Hall–Kier alpha value is -14.0. The fraction of sp³-hybridized carbons (Fsp3) is 0.0526. The Morgan fingerprint density at radius 3 is 0.772 bits per heavy atom. The van der Waals surface area contributed by atoms with E-state index in [1.807, 2.05) is 0 Å². The SMILES string of the molecule is CC1(C)c2ccc(-c3ccc(-c4c5ccccc5c(-c5ccc(-c6ccccc6)cc5)c5ccccc45)cc3)cc2-c2c1c1ccccc1c1ccccc21.CC1(C)c2ccc(-c3ccc(-c4c5ccccc5c(-c5cccc(-c6cccc7ccccc67)c5)c5ccccc45)cc3)cc2-c2c1c1ccccc1c1ccccc21. The average molecular weight is 1450 g/mol. The maximum absolute atomic E-state index is 2.45. The number of benzene rings is 21. The maximum Gasteiger partial charge on any atom is 0.0165 e. The topological polar surface area (TPSA) is 0 Å². The molecule has 0 aromatic heterocycles. The highest BCUT2D eigenvalue weighted by Gasteiger charge is 2.40. The Morgan fingerprint density at radius 2 is 0.386 bits per heavy atom. The van der Waals surface area contributed by atoms with E-state index >= 15 is 0 Å². The van der Waals surface area contributed by atoms with E-state index in [-0.39, 0.29) is 10.8 Å². The van der Waals surface area contributed by atoms with Crippen molar-refractivity contribution >= 4 is 97.0 Å². The fourth-order valence-corrected chi connectivity index (χ4v) is 20.3. The first-order valence-electron chi connectivity index (χ1n) is 40.1. The van der Waals surface area contributed by atoms with Crippen LogP contribution in [0.5, 0.6) is 0 Å². The van der Waals surface area contributed by atoms with Crippen molar-refractivity contribution in [2.45, 2.75) is 38.5 Å². The highest BCUT2D eigenvalue weighted by Crippen LogP contribution is 2.58. The van der Waals surface area contributed by atoms with Crippen LogP contribution in [0, 0.1) is 0 Å². The number of hydrogen-bond donors (Lipinski definition) is 0. The van der Waals surface area contributed by atoms with E-state index in [1.165, 1.54) is 230 Å². The molecule has 0 nitrogen and oxygen atoms in total. The lowest BCUT2D eigenvalue weighted by atomic mass is 9.79. The third-order valence-corrected chi connectivity index (χ3v) is 25.4. The van der Waals surface area contributed by atoms with E-state index in [0.717, 1.165) is 0 Å². The van der Waals surface area contributed by atoms with Gasteiger partial charge in [0.2, 0.25) is 0 Å². The molecule has 0 heteroatoms. The molecule has 2 aliphatic carbocycles. The quantitative estimate of drug-likeness (QED) is 0.105. The van der Waals surface area contributed by atoms with Crippen LogP contribution in [0.2, 0.25) is 0 Å². The van der Waals surface area contributed by atoms with Gasteiger partial charge in [0.05, 0.1) is 0 Å². The first-order valence-corrected chi connectivity index (χ1v) is 40.1. The van der Waals surface area contributed by atoms with Crippen molar-refractivity contribution in [3.8, 4) is 111 Å². The van der Waals surface area contributed by atoms with Crippen LogP contribution in [0.15, 0.2) is 400 Å². The van der Waals surface area contributed by atoms with Crippen LogP contribution in [0.25, 0.3) is 208 Å². The molecule has 0 amide bonds. The molecule has 0 heterocycles. The van der Waals surface area contributed by atoms with Crippen molar-refractivity contribution in [3.63, 3.8) is 0 Å². The van der Waals surface area contributed by atoms with Gasteiger partial charge in [-0.25, -0.2) is 0 Å². The van der Waals surface area contributed by atoms with Crippen molar-refractivity contribution < 1.29 is 0 Å². The van der Waals surface area contributed by atoms with Gasteiger partial charge in [-0.15, -0.1) is 0 Å². The number of hydrogen-bond acceptors (Lipinski definition) is 0. The molecule has 21 aromatic rings. The molecule has 23 rings (SSSR count). The van der Waals surface area contributed by atoms with Crippen molar-refractivity contribution in [1.29, 1.82) is 0 Å². The van der Waals surface area contributed by atoms with E-state index in [4.69, 9.17) is 0 Å². The lowest BCUT2D eigenvalue weighted by Crippen LogP contribution is -2.15. The third kappa shape index (κ3) is 10.4. The van der Waals surface area contributed by atoms with Crippen LogP contribution in [0.4, 0.5) is 0 Å². The van der Waals surface area contributed by atoms with Crippen molar-refractivity contribution in [2.24, 2.45) is 0 Å². The van der Waals surface area contributed by atoms with Crippen LogP contribution < -0.4 is 0 Å². The van der Waals surface area contributed by atoms with Gasteiger partial charge < -0.3 is 0 Å². The van der Waals surface area contributed by atoms with Gasteiger partial charge in [0.15, 0.2) is 0 Å². The highest BCUT2D eigenvalue weighted by atomic mass is 14.4. The zero-order valence-corrected chi connectivity index (χ0v) is 64.1. The normalized spacial score (nSPS) is 13.1. The van der Waals surface area contributed by atoms with Gasteiger partial charge in [-0.05, 0) is 249 Å². The summed E-state index contributed by atoms with van der Waals surface area (Å²) in [5, 5.41) is 23.4. The van der Waals surface area contributed by atoms with E-state index in [9.17, 15) is 0 Å². The predicted octanol–water partition coefficient (Wildman–Crippen LogP) is 31.7. The molecule has 0 saturated heterocycles. The Balaban J connectivity index is 0.000000139. The predicted molar refractivity (Wildman–Crippen MR) is 489 cm³/mol. The van der Waals surface area contributed by atoms with Gasteiger partial charge in [-0.1, -0.05) is 410 Å². The minimum absolute atomic E-state index is 0.102. The second kappa shape index (κ2) is 26.3. The first kappa shape index (κ1) is 66.9. The summed E-state index contributed by atoms with van der Waals surface area (Å²) in [7, 11) is 0. The zero-order chi connectivity index (χ0) is 75.9. The average Bonchev–Trinajstić information content (AvgIpc) is 1.47. The molecular weight excluding hydrogens is 1370 g/mol. The maximum atomic E-state index is 2.45.